The van der Waals surface area contributed by atoms with Gasteiger partial charge >= 0.3 is 51.5 Å². The molecule has 0 unspecified atom stereocenters. The minimum Gasteiger partial charge on any atom is -1.00 e. The number of carbonyl (C=O) groups excluding carboxylic acids is 1. The summed E-state index contributed by atoms with van der Waals surface area (Å²) in [6, 6.07) is 0. The van der Waals surface area contributed by atoms with Gasteiger partial charge in [-0.25, -0.2) is 0 Å². The molecule has 0 saturated heterocycles. The van der Waals surface area contributed by atoms with Crippen LogP contribution >= 0.6 is 0 Å². The van der Waals surface area contributed by atoms with Crippen molar-refractivity contribution >= 4 is 51.5 Å². The van der Waals surface area contributed by atoms with Gasteiger partial charge in [0.2, 0.25) is 0 Å². The summed E-state index contributed by atoms with van der Waals surface area (Å²) >= 11 is 0. The summed E-state index contributed by atoms with van der Waals surface area (Å²) in [6.45, 7) is 2.00. The molecule has 0 spiro atoms. The molecule has 1 aliphatic rings. The molecule has 0 atom stereocenters. The van der Waals surface area contributed by atoms with Gasteiger partial charge < -0.3 is 7.59 Å². The van der Waals surface area contributed by atoms with Crippen molar-refractivity contribution in [2.24, 2.45) is 0 Å². The molecule has 0 radical (unpaired) electrons. The van der Waals surface area contributed by atoms with Gasteiger partial charge in [-0.15, -0.1) is 0 Å². The van der Waals surface area contributed by atoms with Crippen molar-refractivity contribution in [2.75, 3.05) is 0 Å². The molecular weight excluding hydrogens is 240 g/mol. The van der Waals surface area contributed by atoms with Crippen LogP contribution in [0.5, 0.6) is 0 Å². The molecule has 1 aliphatic carbocycles. The van der Waals surface area contributed by atoms with E-state index in [4.69, 9.17) is 4.74 Å². The fourth-order valence-corrected chi connectivity index (χ4v) is 1.63. The smallest absolute Gasteiger partial charge is 1.00 e. The zero-order valence-electron chi connectivity index (χ0n) is 10.6. The van der Waals surface area contributed by atoms with Crippen LogP contribution in [0.15, 0.2) is 0 Å². The molecule has 1 fully saturated rings. The van der Waals surface area contributed by atoms with Gasteiger partial charge in [-0.3, -0.25) is 4.79 Å². The molecule has 1 rings (SSSR count). The Morgan fingerprint density at radius 3 is 2.54 bits per heavy atom. The van der Waals surface area contributed by atoms with E-state index < -0.39 is 0 Å². The Morgan fingerprint density at radius 2 is 2.00 bits per heavy atom. The Hall–Kier alpha value is 0.951. The number of hydrogen-bond acceptors (Lipinski definition) is 2. The number of esters is 1. The monoisotopic (exact) mass is 260 g/mol. The van der Waals surface area contributed by atoms with Gasteiger partial charge in [0.1, 0.15) is 6.10 Å². The van der Waals surface area contributed by atoms with E-state index in [1.165, 1.54) is 19.3 Å². The van der Waals surface area contributed by atoms with E-state index in [2.05, 4.69) is 0 Å². The van der Waals surface area contributed by atoms with E-state index >= 15 is 0 Å². The second-order valence-electron chi connectivity index (χ2n) is 3.50. The van der Waals surface area contributed by atoms with Gasteiger partial charge in [0.15, 0.2) is 0 Å². The van der Waals surface area contributed by atoms with Crippen molar-refractivity contribution in [3.05, 3.63) is 0 Å². The Kier molecular flexibility index (Phi) is 8.88. The van der Waals surface area contributed by atoms with Crippen LogP contribution in [-0.4, -0.2) is 57.6 Å². The normalized spacial score (nSPS) is 17.6. The quantitative estimate of drug-likeness (QED) is 0.575. The minimum atomic E-state index is -0.00981. The van der Waals surface area contributed by atoms with Crippen molar-refractivity contribution in [1.82, 2.24) is 0 Å². The molecule has 13 heavy (non-hydrogen) atoms. The first-order chi connectivity index (χ1) is 5.83. The molecule has 0 aromatic heterocycles. The summed E-state index contributed by atoms with van der Waals surface area (Å²) in [7, 11) is 0. The van der Waals surface area contributed by atoms with Gasteiger partial charge in [-0.1, -0.05) is 13.3 Å². The van der Waals surface area contributed by atoms with Crippen molar-refractivity contribution in [3.8, 4) is 0 Å². The summed E-state index contributed by atoms with van der Waals surface area (Å²) in [5.41, 5.74) is 0. The summed E-state index contributed by atoms with van der Waals surface area (Å²) in [6.07, 6.45) is 7.63. The van der Waals surface area contributed by atoms with Crippen molar-refractivity contribution in [2.45, 2.75) is 58.0 Å². The van der Waals surface area contributed by atoms with Crippen molar-refractivity contribution in [1.29, 1.82) is 0 Å². The van der Waals surface area contributed by atoms with Crippen LogP contribution in [0.1, 0.15) is 54.7 Å². The second-order valence-corrected chi connectivity index (χ2v) is 3.50. The molecule has 2 nitrogen and oxygen atoms in total. The van der Waals surface area contributed by atoms with Crippen LogP contribution in [0.25, 0.3) is 0 Å². The first kappa shape index (κ1) is 14.0. The standard InChI is InChI=1S/C10H18O2.Sr.2H/c1-2-6-10(11)12-9-7-4-3-5-8-9;;;/h9H,2-8H2,1H3;;;/q;+2;2*-1. The minimum absolute atomic E-state index is 0. The Balaban J connectivity index is -0.000000480. The average molecular weight is 260 g/mol. The van der Waals surface area contributed by atoms with Gasteiger partial charge in [0, 0.05) is 6.42 Å². The number of hydrogen-bond donors (Lipinski definition) is 0. The van der Waals surface area contributed by atoms with E-state index in [1.54, 1.807) is 0 Å². The fraction of sp³-hybridized carbons (Fsp3) is 0.900. The summed E-state index contributed by atoms with van der Waals surface area (Å²) < 4.78 is 5.29. The predicted octanol–water partition coefficient (Wildman–Crippen LogP) is 2.51. The SMILES string of the molecule is CCCC(=O)OC1CCCCC1.[H-].[H-].[Sr+2]. The largest absolute Gasteiger partial charge is 2.00 e. The molecule has 1 saturated carbocycles. The van der Waals surface area contributed by atoms with E-state index in [9.17, 15) is 4.79 Å². The van der Waals surface area contributed by atoms with Crippen LogP contribution in [0.2, 0.25) is 0 Å². The van der Waals surface area contributed by atoms with Crippen LogP contribution < -0.4 is 0 Å². The third kappa shape index (κ3) is 6.10. The fourth-order valence-electron chi connectivity index (χ4n) is 1.63. The maximum atomic E-state index is 11.1. The molecule has 3 heteroatoms. The molecule has 0 amide bonds. The first-order valence-electron chi connectivity index (χ1n) is 5.02. The molecular formula is C10H20O2Sr. The second kappa shape index (κ2) is 8.27. The van der Waals surface area contributed by atoms with Crippen molar-refractivity contribution < 1.29 is 12.4 Å². The summed E-state index contributed by atoms with van der Waals surface area (Å²) in [5, 5.41) is 0. The average Bonchev–Trinajstić information content (AvgIpc) is 2.06. The molecule has 0 aromatic carbocycles. The molecule has 0 bridgehead atoms. The topological polar surface area (TPSA) is 26.3 Å². The van der Waals surface area contributed by atoms with Crippen LogP contribution in [0.3, 0.4) is 0 Å². The summed E-state index contributed by atoms with van der Waals surface area (Å²) in [5.74, 6) is -0.00981. The zero-order chi connectivity index (χ0) is 8.81. The van der Waals surface area contributed by atoms with Gasteiger partial charge in [-0.05, 0) is 32.1 Å². The number of carbonyl (C=O) groups is 1. The molecule has 0 aromatic rings. The third-order valence-electron chi connectivity index (χ3n) is 2.30. The molecule has 0 heterocycles. The van der Waals surface area contributed by atoms with E-state index in [-0.39, 0.29) is 60.4 Å². The number of ether oxygens (including phenoxy) is 1. The maximum Gasteiger partial charge on any atom is 2.00 e. The van der Waals surface area contributed by atoms with Crippen LogP contribution in [0.4, 0.5) is 0 Å². The van der Waals surface area contributed by atoms with E-state index in [0.29, 0.717) is 6.42 Å². The van der Waals surface area contributed by atoms with E-state index in [1.807, 2.05) is 6.92 Å². The molecule has 0 aliphatic heterocycles. The summed E-state index contributed by atoms with van der Waals surface area (Å²) in [4.78, 5) is 11.1. The van der Waals surface area contributed by atoms with Gasteiger partial charge in [0.05, 0.1) is 0 Å². The maximum absolute atomic E-state index is 11.1. The van der Waals surface area contributed by atoms with Gasteiger partial charge in [-0.2, -0.15) is 0 Å². The number of rotatable bonds is 3. The zero-order valence-corrected chi connectivity index (χ0v) is 12.0. The Bertz CT molecular complexity index is 150. The van der Waals surface area contributed by atoms with Crippen molar-refractivity contribution in [3.63, 3.8) is 0 Å². The third-order valence-corrected chi connectivity index (χ3v) is 2.30. The molecule has 0 N–H and O–H groups in total. The van der Waals surface area contributed by atoms with Crippen LogP contribution in [-0.2, 0) is 9.53 Å². The molecule has 74 valence electrons. The van der Waals surface area contributed by atoms with Crippen LogP contribution in [0, 0.1) is 0 Å². The van der Waals surface area contributed by atoms with Gasteiger partial charge in [0.25, 0.3) is 0 Å². The Morgan fingerprint density at radius 1 is 1.38 bits per heavy atom. The first-order valence-corrected chi connectivity index (χ1v) is 5.02. The Labute approximate surface area is 121 Å². The predicted molar refractivity (Wildman–Crippen MR) is 55.9 cm³/mol. The van der Waals surface area contributed by atoms with E-state index in [0.717, 1.165) is 19.3 Å².